The topological polar surface area (TPSA) is 102 Å². The summed E-state index contributed by atoms with van der Waals surface area (Å²) in [4.78, 5) is 28.3. The lowest BCUT2D eigenvalue weighted by atomic mass is 10.2. The Labute approximate surface area is 163 Å². The third-order valence-electron chi connectivity index (χ3n) is 3.48. The second-order valence-electron chi connectivity index (χ2n) is 5.46. The highest BCUT2D eigenvalue weighted by Crippen LogP contribution is 2.34. The number of nitro groups is 1. The van der Waals surface area contributed by atoms with Crippen LogP contribution in [-0.2, 0) is 18.3 Å². The van der Waals surface area contributed by atoms with Crippen molar-refractivity contribution in [2.45, 2.75) is 16.5 Å². The Kier molecular flexibility index (Phi) is 5.99. The van der Waals surface area contributed by atoms with Gasteiger partial charge in [0.15, 0.2) is 5.16 Å². The van der Waals surface area contributed by atoms with E-state index < -0.39 is 4.92 Å². The molecule has 1 aromatic carbocycles. The third kappa shape index (κ3) is 5.02. The van der Waals surface area contributed by atoms with Crippen LogP contribution in [0.1, 0.15) is 10.4 Å². The van der Waals surface area contributed by atoms with E-state index in [-0.39, 0.29) is 18.0 Å². The summed E-state index contributed by atoms with van der Waals surface area (Å²) >= 11 is 2.71. The molecule has 0 saturated heterocycles. The van der Waals surface area contributed by atoms with Crippen molar-refractivity contribution in [3.63, 3.8) is 0 Å². The summed E-state index contributed by atoms with van der Waals surface area (Å²) in [6.07, 6.45) is 5.03. The van der Waals surface area contributed by atoms with Crippen LogP contribution >= 0.6 is 23.1 Å². The van der Waals surface area contributed by atoms with Gasteiger partial charge in [-0.15, -0.1) is 11.3 Å². The van der Waals surface area contributed by atoms with Gasteiger partial charge in [-0.3, -0.25) is 14.9 Å². The van der Waals surface area contributed by atoms with E-state index >= 15 is 0 Å². The van der Waals surface area contributed by atoms with Gasteiger partial charge in [0, 0.05) is 35.9 Å². The number of imidazole rings is 1. The number of hydrogen-bond donors (Lipinski definition) is 1. The standard InChI is InChI=1S/C17H15N5O3S2/c1-21-7-6-18-17(21)27-15-5-4-12(9-14(15)22(24)25)11-19-20-16(23)10-13-3-2-8-26-13/h2-9,11H,10H2,1H3,(H,20,23)/b19-11-. The van der Waals surface area contributed by atoms with Crippen molar-refractivity contribution in [2.75, 3.05) is 0 Å². The summed E-state index contributed by atoms with van der Waals surface area (Å²) < 4.78 is 1.78. The van der Waals surface area contributed by atoms with Gasteiger partial charge in [-0.2, -0.15) is 5.10 Å². The van der Waals surface area contributed by atoms with Crippen LogP contribution in [0.5, 0.6) is 0 Å². The lowest BCUT2D eigenvalue weighted by Gasteiger charge is -2.04. The number of hydrazone groups is 1. The molecule has 0 aliphatic rings. The lowest BCUT2D eigenvalue weighted by molar-refractivity contribution is -0.387. The molecule has 138 valence electrons. The summed E-state index contributed by atoms with van der Waals surface area (Å²) in [6, 6.07) is 8.51. The Morgan fingerprint density at radius 1 is 1.48 bits per heavy atom. The predicted octanol–water partition coefficient (Wildman–Crippen LogP) is 3.23. The van der Waals surface area contributed by atoms with E-state index in [4.69, 9.17) is 0 Å². The first kappa shape index (κ1) is 18.8. The van der Waals surface area contributed by atoms with Gasteiger partial charge in [0.2, 0.25) is 5.91 Å². The van der Waals surface area contributed by atoms with Crippen LogP contribution < -0.4 is 5.43 Å². The largest absolute Gasteiger partial charge is 0.329 e. The Morgan fingerprint density at radius 3 is 3.00 bits per heavy atom. The molecule has 1 N–H and O–H groups in total. The molecule has 0 atom stereocenters. The molecule has 0 aliphatic heterocycles. The molecule has 0 bridgehead atoms. The van der Waals surface area contributed by atoms with Gasteiger partial charge in [-0.25, -0.2) is 10.4 Å². The zero-order chi connectivity index (χ0) is 19.2. The van der Waals surface area contributed by atoms with Gasteiger partial charge >= 0.3 is 0 Å². The SMILES string of the molecule is Cn1ccnc1Sc1ccc(/C=N\NC(=O)Cc2cccs2)cc1[N+](=O)[O-]. The fourth-order valence-corrected chi connectivity index (χ4v) is 3.77. The maximum Gasteiger partial charge on any atom is 0.283 e. The number of aryl methyl sites for hydroxylation is 1. The van der Waals surface area contributed by atoms with E-state index in [9.17, 15) is 14.9 Å². The van der Waals surface area contributed by atoms with Crippen molar-refractivity contribution in [2.24, 2.45) is 12.1 Å². The molecular weight excluding hydrogens is 386 g/mol. The van der Waals surface area contributed by atoms with Gasteiger partial charge in [0.05, 0.1) is 22.5 Å². The number of hydrogen-bond acceptors (Lipinski definition) is 7. The highest BCUT2D eigenvalue weighted by Gasteiger charge is 2.17. The number of nitrogens with one attached hydrogen (secondary N) is 1. The normalized spacial score (nSPS) is 11.0. The molecule has 8 nitrogen and oxygen atoms in total. The number of nitrogens with zero attached hydrogens (tertiary/aromatic N) is 4. The monoisotopic (exact) mass is 401 g/mol. The molecule has 27 heavy (non-hydrogen) atoms. The zero-order valence-corrected chi connectivity index (χ0v) is 15.9. The van der Waals surface area contributed by atoms with Crippen molar-refractivity contribution in [1.29, 1.82) is 0 Å². The van der Waals surface area contributed by atoms with Gasteiger partial charge in [-0.1, -0.05) is 12.1 Å². The van der Waals surface area contributed by atoms with Crippen molar-refractivity contribution >= 4 is 40.9 Å². The first-order valence-corrected chi connectivity index (χ1v) is 9.50. The number of benzene rings is 1. The van der Waals surface area contributed by atoms with Crippen LogP contribution in [0, 0.1) is 10.1 Å². The molecule has 0 aliphatic carbocycles. The molecule has 0 spiro atoms. The fraction of sp³-hybridized carbons (Fsp3) is 0.118. The third-order valence-corrected chi connectivity index (χ3v) is 5.49. The van der Waals surface area contributed by atoms with E-state index in [1.165, 1.54) is 35.4 Å². The minimum atomic E-state index is -0.446. The molecule has 3 aromatic rings. The van der Waals surface area contributed by atoms with Crippen LogP contribution in [0.15, 0.2) is 63.3 Å². The number of thiophene rings is 1. The fourth-order valence-electron chi connectivity index (χ4n) is 2.18. The first-order valence-electron chi connectivity index (χ1n) is 7.81. The quantitative estimate of drug-likeness (QED) is 0.372. The van der Waals surface area contributed by atoms with Crippen LogP contribution in [0.25, 0.3) is 0 Å². The highest BCUT2D eigenvalue weighted by molar-refractivity contribution is 7.99. The number of carbonyl (C=O) groups is 1. The second kappa shape index (κ2) is 8.60. The molecule has 3 rings (SSSR count). The van der Waals surface area contributed by atoms with Crippen molar-refractivity contribution < 1.29 is 9.72 Å². The summed E-state index contributed by atoms with van der Waals surface area (Å²) in [7, 11) is 1.82. The predicted molar refractivity (Wildman–Crippen MR) is 104 cm³/mol. The van der Waals surface area contributed by atoms with Crippen LogP contribution in [0.4, 0.5) is 5.69 Å². The first-order chi connectivity index (χ1) is 13.0. The minimum Gasteiger partial charge on any atom is -0.329 e. The number of amides is 1. The van der Waals surface area contributed by atoms with Gasteiger partial charge in [0.1, 0.15) is 0 Å². The average molecular weight is 401 g/mol. The molecule has 2 heterocycles. The van der Waals surface area contributed by atoms with Crippen LogP contribution in [0.3, 0.4) is 0 Å². The summed E-state index contributed by atoms with van der Waals surface area (Å²) in [5.74, 6) is -0.245. The maximum atomic E-state index is 11.8. The highest BCUT2D eigenvalue weighted by atomic mass is 32.2. The Hall–Kier alpha value is -2.98. The van der Waals surface area contributed by atoms with Gasteiger partial charge in [0.25, 0.3) is 5.69 Å². The Bertz CT molecular complexity index is 982. The van der Waals surface area contributed by atoms with E-state index in [1.807, 2.05) is 24.6 Å². The van der Waals surface area contributed by atoms with Gasteiger partial charge < -0.3 is 4.57 Å². The number of aromatic nitrogens is 2. The Morgan fingerprint density at radius 2 is 2.33 bits per heavy atom. The molecular formula is C17H15N5O3S2. The van der Waals surface area contributed by atoms with Gasteiger partial charge in [-0.05, 0) is 29.3 Å². The summed E-state index contributed by atoms with van der Waals surface area (Å²) in [6.45, 7) is 0. The van der Waals surface area contributed by atoms with E-state index in [1.54, 1.807) is 29.1 Å². The zero-order valence-electron chi connectivity index (χ0n) is 14.2. The number of rotatable bonds is 7. The average Bonchev–Trinajstić information content (AvgIpc) is 3.28. The lowest BCUT2D eigenvalue weighted by Crippen LogP contribution is -2.19. The van der Waals surface area contributed by atoms with Crippen molar-refractivity contribution in [3.05, 3.63) is 68.7 Å². The maximum absolute atomic E-state index is 11.8. The molecule has 2 aromatic heterocycles. The van der Waals surface area contributed by atoms with E-state index in [0.29, 0.717) is 15.6 Å². The van der Waals surface area contributed by atoms with Crippen LogP contribution in [0.2, 0.25) is 0 Å². The molecule has 10 heteroatoms. The summed E-state index contributed by atoms with van der Waals surface area (Å²) in [5, 5.41) is 17.8. The molecule has 0 radical (unpaired) electrons. The number of carbonyl (C=O) groups excluding carboxylic acids is 1. The van der Waals surface area contributed by atoms with Crippen molar-refractivity contribution in [1.82, 2.24) is 15.0 Å². The van der Waals surface area contributed by atoms with E-state index in [2.05, 4.69) is 15.5 Å². The molecule has 1 amide bonds. The number of nitro benzene ring substituents is 1. The smallest absolute Gasteiger partial charge is 0.283 e. The van der Waals surface area contributed by atoms with E-state index in [0.717, 1.165) is 4.88 Å². The minimum absolute atomic E-state index is 0.0446. The van der Waals surface area contributed by atoms with Crippen molar-refractivity contribution in [3.8, 4) is 0 Å². The summed E-state index contributed by atoms with van der Waals surface area (Å²) in [5.41, 5.74) is 2.90. The second-order valence-corrected chi connectivity index (χ2v) is 7.50. The molecule has 0 unspecified atom stereocenters. The van der Waals surface area contributed by atoms with Crippen LogP contribution in [-0.4, -0.2) is 26.6 Å². The molecule has 0 fully saturated rings. The molecule has 0 saturated carbocycles. The Balaban J connectivity index is 1.69.